The summed E-state index contributed by atoms with van der Waals surface area (Å²) in [7, 11) is 0. The van der Waals surface area contributed by atoms with Crippen LogP contribution in [0.25, 0.3) is 10.9 Å². The predicted molar refractivity (Wildman–Crippen MR) is 104 cm³/mol. The van der Waals surface area contributed by atoms with Gasteiger partial charge in [-0.25, -0.2) is 0 Å². The van der Waals surface area contributed by atoms with E-state index in [4.69, 9.17) is 0 Å². The molecule has 0 amide bonds. The summed E-state index contributed by atoms with van der Waals surface area (Å²) in [5, 5.41) is 4.74. The second kappa shape index (κ2) is 7.91. The van der Waals surface area contributed by atoms with Gasteiger partial charge in [0.25, 0.3) is 0 Å². The van der Waals surface area contributed by atoms with E-state index in [1.807, 2.05) is 24.7 Å². The molecule has 1 fully saturated rings. The van der Waals surface area contributed by atoms with Crippen LogP contribution < -0.4 is 5.32 Å². The Hall–Kier alpha value is -2.01. The molecule has 1 N–H and O–H groups in total. The monoisotopic (exact) mass is 354 g/mol. The van der Waals surface area contributed by atoms with Crippen LogP contribution in [-0.4, -0.2) is 34.5 Å². The van der Waals surface area contributed by atoms with Crippen molar-refractivity contribution in [1.29, 1.82) is 0 Å². The van der Waals surface area contributed by atoms with Crippen molar-refractivity contribution in [3.05, 3.63) is 71.7 Å². The quantitative estimate of drug-likeness (QED) is 0.781. The average molecular weight is 355 g/mol. The van der Waals surface area contributed by atoms with E-state index in [0.29, 0.717) is 6.04 Å². The smallest absolute Gasteiger partial charge is 0.0731 e. The molecule has 1 saturated heterocycles. The van der Waals surface area contributed by atoms with Gasteiger partial charge >= 0.3 is 0 Å². The molecule has 1 aliphatic rings. The Balaban J connectivity index is 0.00000182. The fourth-order valence-electron chi connectivity index (χ4n) is 3.63. The van der Waals surface area contributed by atoms with Crippen LogP contribution in [0.2, 0.25) is 0 Å². The topological polar surface area (TPSA) is 41.0 Å². The molecule has 5 heteroatoms. The first kappa shape index (κ1) is 17.8. The van der Waals surface area contributed by atoms with Crippen LogP contribution in [0.4, 0.5) is 0 Å². The highest BCUT2D eigenvalue weighted by Crippen LogP contribution is 2.25. The fourth-order valence-corrected chi connectivity index (χ4v) is 3.63. The van der Waals surface area contributed by atoms with Crippen LogP contribution in [0.5, 0.6) is 0 Å². The number of hydrogen-bond donors (Lipinski definition) is 1. The zero-order valence-electron chi connectivity index (χ0n) is 14.4. The van der Waals surface area contributed by atoms with Crippen molar-refractivity contribution < 1.29 is 0 Å². The summed E-state index contributed by atoms with van der Waals surface area (Å²) in [4.78, 5) is 11.2. The van der Waals surface area contributed by atoms with Crippen LogP contribution in [0.15, 0.2) is 55.0 Å². The van der Waals surface area contributed by atoms with E-state index in [1.165, 1.54) is 22.1 Å². The summed E-state index contributed by atoms with van der Waals surface area (Å²) >= 11 is 0. The first-order valence-corrected chi connectivity index (χ1v) is 8.50. The largest absolute Gasteiger partial charge is 0.314 e. The SMILES string of the molecule is Cc1cc(CN2CCNCC2c2ccncc2)cc2cccnc12.Cl. The lowest BCUT2D eigenvalue weighted by molar-refractivity contribution is 0.153. The lowest BCUT2D eigenvalue weighted by Crippen LogP contribution is -2.45. The fraction of sp³-hybridized carbons (Fsp3) is 0.300. The van der Waals surface area contributed by atoms with Gasteiger partial charge in [0.05, 0.1) is 5.52 Å². The van der Waals surface area contributed by atoms with Crippen LogP contribution in [-0.2, 0) is 6.54 Å². The molecule has 0 saturated carbocycles. The van der Waals surface area contributed by atoms with Gasteiger partial charge in [0.1, 0.15) is 0 Å². The van der Waals surface area contributed by atoms with Gasteiger partial charge in [0.2, 0.25) is 0 Å². The van der Waals surface area contributed by atoms with E-state index in [1.54, 1.807) is 0 Å². The summed E-state index contributed by atoms with van der Waals surface area (Å²) < 4.78 is 0. The van der Waals surface area contributed by atoms with Crippen molar-refractivity contribution in [2.45, 2.75) is 19.5 Å². The lowest BCUT2D eigenvalue weighted by atomic mass is 10.0. The molecular weight excluding hydrogens is 332 g/mol. The predicted octanol–water partition coefficient (Wildman–Crippen LogP) is 3.51. The van der Waals surface area contributed by atoms with E-state index >= 15 is 0 Å². The summed E-state index contributed by atoms with van der Waals surface area (Å²) in [5.41, 5.74) is 5.04. The zero-order chi connectivity index (χ0) is 16.4. The molecule has 1 aliphatic heterocycles. The maximum absolute atomic E-state index is 4.50. The number of aryl methyl sites for hydroxylation is 1. The molecule has 4 rings (SSSR count). The van der Waals surface area contributed by atoms with Crippen molar-refractivity contribution in [1.82, 2.24) is 20.2 Å². The van der Waals surface area contributed by atoms with Crippen molar-refractivity contribution in [3.8, 4) is 0 Å². The van der Waals surface area contributed by atoms with E-state index in [2.05, 4.69) is 57.4 Å². The Labute approximate surface area is 154 Å². The van der Waals surface area contributed by atoms with Gasteiger partial charge in [-0.15, -0.1) is 12.4 Å². The van der Waals surface area contributed by atoms with Crippen LogP contribution in [0, 0.1) is 6.92 Å². The van der Waals surface area contributed by atoms with E-state index < -0.39 is 0 Å². The molecule has 0 aliphatic carbocycles. The number of aromatic nitrogens is 2. The normalized spacial score (nSPS) is 18.0. The molecule has 1 aromatic carbocycles. The Bertz CT molecular complexity index is 837. The molecule has 2 aromatic heterocycles. The van der Waals surface area contributed by atoms with Gasteiger partial charge in [0.15, 0.2) is 0 Å². The highest BCUT2D eigenvalue weighted by atomic mass is 35.5. The van der Waals surface area contributed by atoms with Crippen molar-refractivity contribution in [2.24, 2.45) is 0 Å². The minimum Gasteiger partial charge on any atom is -0.314 e. The third-order valence-electron chi connectivity index (χ3n) is 4.79. The van der Waals surface area contributed by atoms with Gasteiger partial charge in [-0.05, 0) is 47.9 Å². The second-order valence-corrected chi connectivity index (χ2v) is 6.46. The Morgan fingerprint density at radius 1 is 1.16 bits per heavy atom. The number of piperazine rings is 1. The Kier molecular flexibility index (Phi) is 5.63. The first-order chi connectivity index (χ1) is 11.8. The third-order valence-corrected chi connectivity index (χ3v) is 4.79. The number of rotatable bonds is 3. The minimum absolute atomic E-state index is 0. The molecule has 3 heterocycles. The second-order valence-electron chi connectivity index (χ2n) is 6.46. The highest BCUT2D eigenvalue weighted by molar-refractivity contribution is 5.85. The van der Waals surface area contributed by atoms with Crippen LogP contribution >= 0.6 is 12.4 Å². The standard InChI is InChI=1S/C20H22N4.ClH/c1-15-11-16(12-18-3-2-6-23-20(15)18)14-24-10-9-22-13-19(24)17-4-7-21-8-5-17;/h2-8,11-12,19,22H,9-10,13-14H2,1H3;1H. The summed E-state index contributed by atoms with van der Waals surface area (Å²) in [6.07, 6.45) is 5.63. The summed E-state index contributed by atoms with van der Waals surface area (Å²) in [5.74, 6) is 0. The summed E-state index contributed by atoms with van der Waals surface area (Å²) in [6, 6.07) is 13.4. The highest BCUT2D eigenvalue weighted by Gasteiger charge is 2.23. The number of hydrogen-bond acceptors (Lipinski definition) is 4. The molecule has 1 atom stereocenters. The average Bonchev–Trinajstić information content (AvgIpc) is 2.63. The molecule has 3 aromatic rings. The molecule has 1 unspecified atom stereocenters. The summed E-state index contributed by atoms with van der Waals surface area (Å²) in [6.45, 7) is 6.18. The number of benzene rings is 1. The van der Waals surface area contributed by atoms with Crippen LogP contribution in [0.1, 0.15) is 22.7 Å². The minimum atomic E-state index is 0. The first-order valence-electron chi connectivity index (χ1n) is 8.50. The van der Waals surface area contributed by atoms with E-state index in [9.17, 15) is 0 Å². The molecule has 4 nitrogen and oxygen atoms in total. The van der Waals surface area contributed by atoms with Gasteiger partial charge < -0.3 is 5.32 Å². The maximum Gasteiger partial charge on any atom is 0.0731 e. The van der Waals surface area contributed by atoms with Gasteiger partial charge in [-0.2, -0.15) is 0 Å². The Morgan fingerprint density at radius 2 is 2.00 bits per heavy atom. The maximum atomic E-state index is 4.50. The van der Waals surface area contributed by atoms with E-state index in [-0.39, 0.29) is 12.4 Å². The third kappa shape index (κ3) is 3.82. The molecule has 0 radical (unpaired) electrons. The van der Waals surface area contributed by atoms with Gasteiger partial charge in [-0.1, -0.05) is 12.1 Å². The van der Waals surface area contributed by atoms with Crippen molar-refractivity contribution >= 4 is 23.3 Å². The van der Waals surface area contributed by atoms with E-state index in [0.717, 1.165) is 31.7 Å². The number of nitrogens with zero attached hydrogens (tertiary/aromatic N) is 3. The van der Waals surface area contributed by atoms with Gasteiger partial charge in [0, 0.05) is 56.2 Å². The number of nitrogens with one attached hydrogen (secondary N) is 1. The zero-order valence-corrected chi connectivity index (χ0v) is 15.2. The molecule has 0 spiro atoms. The molecule has 0 bridgehead atoms. The molecule has 25 heavy (non-hydrogen) atoms. The molecular formula is C20H23ClN4. The lowest BCUT2D eigenvalue weighted by Gasteiger charge is -2.36. The molecule has 130 valence electrons. The van der Waals surface area contributed by atoms with Gasteiger partial charge in [-0.3, -0.25) is 14.9 Å². The van der Waals surface area contributed by atoms with Crippen LogP contribution in [0.3, 0.4) is 0 Å². The number of fused-ring (bicyclic) bond motifs is 1. The number of pyridine rings is 2. The van der Waals surface area contributed by atoms with Crippen molar-refractivity contribution in [2.75, 3.05) is 19.6 Å². The Morgan fingerprint density at radius 3 is 2.84 bits per heavy atom. The number of halogens is 1. The van der Waals surface area contributed by atoms with Crippen molar-refractivity contribution in [3.63, 3.8) is 0 Å².